The molecule has 0 radical (unpaired) electrons. The van der Waals surface area contributed by atoms with Gasteiger partial charge in [-0.15, -0.1) is 17.9 Å². The number of hydrogen-bond donors (Lipinski definition) is 1. The Morgan fingerprint density at radius 3 is 3.00 bits per heavy atom. The number of thiophene rings is 1. The fraction of sp³-hybridized carbons (Fsp3) is 0.125. The predicted molar refractivity (Wildman–Crippen MR) is 103 cm³/mol. The first-order valence-electron chi connectivity index (χ1n) is 7.21. The van der Waals surface area contributed by atoms with Crippen LogP contribution in [0.3, 0.4) is 0 Å². The van der Waals surface area contributed by atoms with Gasteiger partial charge >= 0.3 is 0 Å². The van der Waals surface area contributed by atoms with Crippen LogP contribution in [0.15, 0.2) is 52.4 Å². The summed E-state index contributed by atoms with van der Waals surface area (Å²) < 4.78 is 1.51. The van der Waals surface area contributed by atoms with Gasteiger partial charge in [0.15, 0.2) is 5.16 Å². The van der Waals surface area contributed by atoms with E-state index in [1.165, 1.54) is 33.9 Å². The molecule has 3 heterocycles. The third kappa shape index (κ3) is 4.09. The lowest BCUT2D eigenvalue weighted by Crippen LogP contribution is -2.23. The summed E-state index contributed by atoms with van der Waals surface area (Å²) in [6.45, 7) is 4.01. The number of halogens is 1. The van der Waals surface area contributed by atoms with E-state index in [2.05, 4.69) is 21.9 Å². The number of thioether (sulfide) groups is 1. The zero-order chi connectivity index (χ0) is 17.8. The molecule has 25 heavy (non-hydrogen) atoms. The van der Waals surface area contributed by atoms with Gasteiger partial charge in [0.25, 0.3) is 5.56 Å². The van der Waals surface area contributed by atoms with Crippen molar-refractivity contribution in [2.24, 2.45) is 0 Å². The van der Waals surface area contributed by atoms with Crippen LogP contribution in [0.5, 0.6) is 0 Å². The molecular weight excluding hydrogens is 380 g/mol. The Balaban J connectivity index is 1.76. The molecule has 0 fully saturated rings. The van der Waals surface area contributed by atoms with E-state index in [1.54, 1.807) is 24.3 Å². The number of nitrogens with one attached hydrogen (secondary N) is 1. The van der Waals surface area contributed by atoms with Crippen molar-refractivity contribution >= 4 is 56.6 Å². The van der Waals surface area contributed by atoms with E-state index in [9.17, 15) is 9.59 Å². The van der Waals surface area contributed by atoms with Crippen molar-refractivity contribution in [1.82, 2.24) is 14.5 Å². The molecule has 0 saturated carbocycles. The summed E-state index contributed by atoms with van der Waals surface area (Å²) in [5.41, 5.74) is -0.131. The quantitative estimate of drug-likeness (QED) is 0.395. The van der Waals surface area contributed by atoms with Gasteiger partial charge in [0.2, 0.25) is 5.91 Å². The number of amides is 1. The van der Waals surface area contributed by atoms with Gasteiger partial charge in [-0.25, -0.2) is 9.97 Å². The molecule has 0 bridgehead atoms. The first-order valence-corrected chi connectivity index (χ1v) is 9.46. The van der Waals surface area contributed by atoms with E-state index < -0.39 is 0 Å². The number of pyridine rings is 1. The van der Waals surface area contributed by atoms with E-state index in [-0.39, 0.29) is 17.2 Å². The zero-order valence-electron chi connectivity index (χ0n) is 12.9. The van der Waals surface area contributed by atoms with Gasteiger partial charge < -0.3 is 5.32 Å². The smallest absolute Gasteiger partial charge is 0.263 e. The SMILES string of the molecule is C=CCn1c(SCC(=O)Nc2ccc(Cl)cn2)nc2sccc2c1=O. The molecular formula is C16H13ClN4O2S2. The van der Waals surface area contributed by atoms with Crippen LogP contribution < -0.4 is 10.9 Å². The molecule has 9 heteroatoms. The topological polar surface area (TPSA) is 76.9 Å². The van der Waals surface area contributed by atoms with Gasteiger partial charge in [0.05, 0.1) is 16.2 Å². The molecule has 0 aromatic carbocycles. The minimum Gasteiger partial charge on any atom is -0.310 e. The number of nitrogens with zero attached hydrogens (tertiary/aromatic N) is 3. The monoisotopic (exact) mass is 392 g/mol. The minimum absolute atomic E-state index is 0.102. The van der Waals surface area contributed by atoms with Crippen LogP contribution in [0.25, 0.3) is 10.2 Å². The predicted octanol–water partition coefficient (Wildman–Crippen LogP) is 3.42. The molecule has 1 N–H and O–H groups in total. The van der Waals surface area contributed by atoms with Crippen LogP contribution in [0.4, 0.5) is 5.82 Å². The van der Waals surface area contributed by atoms with Gasteiger partial charge in [-0.2, -0.15) is 0 Å². The lowest BCUT2D eigenvalue weighted by molar-refractivity contribution is -0.113. The fourth-order valence-corrected chi connectivity index (χ4v) is 3.81. The molecule has 6 nitrogen and oxygen atoms in total. The van der Waals surface area contributed by atoms with Crippen molar-refractivity contribution < 1.29 is 4.79 Å². The third-order valence-corrected chi connectivity index (χ3v) is 5.19. The van der Waals surface area contributed by atoms with Crippen molar-refractivity contribution in [2.45, 2.75) is 11.7 Å². The maximum Gasteiger partial charge on any atom is 0.263 e. The van der Waals surface area contributed by atoms with Gasteiger partial charge in [-0.1, -0.05) is 29.4 Å². The van der Waals surface area contributed by atoms with E-state index in [0.717, 1.165) is 0 Å². The number of hydrogen-bond acceptors (Lipinski definition) is 6. The highest BCUT2D eigenvalue weighted by atomic mass is 35.5. The second-order valence-electron chi connectivity index (χ2n) is 4.94. The van der Waals surface area contributed by atoms with Crippen molar-refractivity contribution in [3.05, 3.63) is 57.8 Å². The number of allylic oxidation sites excluding steroid dienone is 1. The number of rotatable bonds is 6. The Bertz CT molecular complexity index is 982. The van der Waals surface area contributed by atoms with E-state index >= 15 is 0 Å². The summed E-state index contributed by atoms with van der Waals surface area (Å²) in [5, 5.41) is 6.05. The number of fused-ring (bicyclic) bond motifs is 1. The van der Waals surface area contributed by atoms with E-state index in [1.807, 2.05) is 5.38 Å². The molecule has 0 aliphatic heterocycles. The maximum absolute atomic E-state index is 12.5. The Kier molecular flexibility index (Phi) is 5.52. The Labute approximate surface area is 156 Å². The molecule has 3 aromatic heterocycles. The Morgan fingerprint density at radius 1 is 1.44 bits per heavy atom. The maximum atomic E-state index is 12.5. The highest BCUT2D eigenvalue weighted by Gasteiger charge is 2.13. The number of anilines is 1. The van der Waals surface area contributed by atoms with Gasteiger partial charge in [0.1, 0.15) is 10.6 Å². The van der Waals surface area contributed by atoms with Crippen LogP contribution >= 0.6 is 34.7 Å². The van der Waals surface area contributed by atoms with Crippen molar-refractivity contribution in [2.75, 3.05) is 11.1 Å². The summed E-state index contributed by atoms with van der Waals surface area (Å²) in [7, 11) is 0. The molecule has 128 valence electrons. The summed E-state index contributed by atoms with van der Waals surface area (Å²) in [4.78, 5) is 33.8. The molecule has 0 atom stereocenters. The van der Waals surface area contributed by atoms with Gasteiger partial charge in [0, 0.05) is 12.7 Å². The highest BCUT2D eigenvalue weighted by Crippen LogP contribution is 2.21. The Hall–Kier alpha value is -2.16. The number of aromatic nitrogens is 3. The molecule has 0 aliphatic rings. The molecule has 3 rings (SSSR count). The van der Waals surface area contributed by atoms with E-state index in [4.69, 9.17) is 11.6 Å². The van der Waals surface area contributed by atoms with Gasteiger partial charge in [-0.05, 0) is 23.6 Å². The summed E-state index contributed by atoms with van der Waals surface area (Å²) in [6, 6.07) is 5.02. The van der Waals surface area contributed by atoms with Crippen molar-refractivity contribution in [3.63, 3.8) is 0 Å². The molecule has 0 aliphatic carbocycles. The molecule has 0 unspecified atom stereocenters. The summed E-state index contributed by atoms with van der Waals surface area (Å²) >= 11 is 8.35. The van der Waals surface area contributed by atoms with Crippen LogP contribution in [0.2, 0.25) is 5.02 Å². The normalized spacial score (nSPS) is 10.8. The summed E-state index contributed by atoms with van der Waals surface area (Å²) in [5.74, 6) is 0.274. The minimum atomic E-state index is -0.245. The lowest BCUT2D eigenvalue weighted by Gasteiger charge is -2.10. The zero-order valence-corrected chi connectivity index (χ0v) is 15.3. The largest absolute Gasteiger partial charge is 0.310 e. The molecule has 3 aromatic rings. The van der Waals surface area contributed by atoms with Gasteiger partial charge in [-0.3, -0.25) is 14.2 Å². The fourth-order valence-electron chi connectivity index (χ4n) is 2.09. The standard InChI is InChI=1S/C16H13ClN4O2S2/c1-2-6-21-15(23)11-5-7-24-14(11)20-16(21)25-9-13(22)19-12-4-3-10(17)8-18-12/h2-5,7-8H,1,6,9H2,(H,18,19,22). The van der Waals surface area contributed by atoms with Crippen LogP contribution in [-0.4, -0.2) is 26.2 Å². The van der Waals surface area contributed by atoms with Crippen molar-refractivity contribution in [3.8, 4) is 0 Å². The van der Waals surface area contributed by atoms with Crippen LogP contribution in [0.1, 0.15) is 0 Å². The lowest BCUT2D eigenvalue weighted by atomic mass is 10.4. The highest BCUT2D eigenvalue weighted by molar-refractivity contribution is 7.99. The average Bonchev–Trinajstić information content (AvgIpc) is 3.07. The average molecular weight is 393 g/mol. The third-order valence-electron chi connectivity index (χ3n) is 3.19. The van der Waals surface area contributed by atoms with E-state index in [0.29, 0.717) is 32.8 Å². The second kappa shape index (κ2) is 7.81. The summed E-state index contributed by atoms with van der Waals surface area (Å²) in [6.07, 6.45) is 3.08. The number of carbonyl (C=O) groups excluding carboxylic acids is 1. The second-order valence-corrected chi connectivity index (χ2v) is 7.21. The molecule has 0 spiro atoms. The molecule has 1 amide bonds. The van der Waals surface area contributed by atoms with Crippen LogP contribution in [0, 0.1) is 0 Å². The molecule has 0 saturated heterocycles. The van der Waals surface area contributed by atoms with Crippen LogP contribution in [-0.2, 0) is 11.3 Å². The Morgan fingerprint density at radius 2 is 2.28 bits per heavy atom. The van der Waals surface area contributed by atoms with Crippen molar-refractivity contribution in [1.29, 1.82) is 0 Å². The first kappa shape index (κ1) is 17.7. The first-order chi connectivity index (χ1) is 12.1. The number of carbonyl (C=O) groups is 1.